The van der Waals surface area contributed by atoms with Crippen molar-refractivity contribution in [1.29, 1.82) is 0 Å². The summed E-state index contributed by atoms with van der Waals surface area (Å²) in [5, 5.41) is 5.73. The third kappa shape index (κ3) is 7.38. The number of benzene rings is 2. The largest absolute Gasteiger partial charge is 0.489 e. The van der Waals surface area contributed by atoms with E-state index in [0.29, 0.717) is 24.3 Å². The van der Waals surface area contributed by atoms with Crippen LogP contribution >= 0.6 is 0 Å². The molecule has 1 heterocycles. The highest BCUT2D eigenvalue weighted by molar-refractivity contribution is 6.04. The van der Waals surface area contributed by atoms with Crippen LogP contribution in [0.2, 0.25) is 0 Å². The SMILES string of the molecule is CCCNCCN(C)Cc1ccc(COc2cccc(C(=O)N(C)C3CCC(=O)NC3=O)c2C)cc1. The second kappa shape index (κ2) is 13.2. The Labute approximate surface area is 214 Å². The molecule has 2 aromatic rings. The number of nitrogens with zero attached hydrogens (tertiary/aromatic N) is 2. The van der Waals surface area contributed by atoms with E-state index in [9.17, 15) is 14.4 Å². The number of nitrogens with one attached hydrogen (secondary N) is 2. The molecule has 1 saturated heterocycles. The van der Waals surface area contributed by atoms with E-state index in [1.165, 1.54) is 10.5 Å². The first-order valence-electron chi connectivity index (χ1n) is 12.6. The van der Waals surface area contributed by atoms with Crippen LogP contribution in [0.5, 0.6) is 5.75 Å². The van der Waals surface area contributed by atoms with Crippen LogP contribution < -0.4 is 15.4 Å². The summed E-state index contributed by atoms with van der Waals surface area (Å²) < 4.78 is 6.06. The summed E-state index contributed by atoms with van der Waals surface area (Å²) in [4.78, 5) is 40.5. The molecule has 0 spiro atoms. The first-order chi connectivity index (χ1) is 17.3. The van der Waals surface area contributed by atoms with Gasteiger partial charge in [0.2, 0.25) is 11.8 Å². The summed E-state index contributed by atoms with van der Waals surface area (Å²) in [5.41, 5.74) is 3.49. The second-order valence-electron chi connectivity index (χ2n) is 9.40. The summed E-state index contributed by atoms with van der Waals surface area (Å²) in [5.74, 6) is -0.384. The molecule has 0 aromatic heterocycles. The lowest BCUT2D eigenvalue weighted by Crippen LogP contribution is -2.52. The zero-order valence-corrected chi connectivity index (χ0v) is 21.8. The predicted molar refractivity (Wildman–Crippen MR) is 140 cm³/mol. The third-order valence-corrected chi connectivity index (χ3v) is 6.48. The summed E-state index contributed by atoms with van der Waals surface area (Å²) in [6, 6.07) is 13.1. The summed E-state index contributed by atoms with van der Waals surface area (Å²) in [7, 11) is 3.72. The molecular weight excluding hydrogens is 456 g/mol. The summed E-state index contributed by atoms with van der Waals surface area (Å²) in [6.45, 7) is 8.32. The van der Waals surface area contributed by atoms with E-state index < -0.39 is 11.9 Å². The molecule has 1 unspecified atom stereocenters. The van der Waals surface area contributed by atoms with Crippen LogP contribution in [0, 0.1) is 6.92 Å². The number of carbonyl (C=O) groups is 3. The molecule has 2 N–H and O–H groups in total. The molecule has 8 heteroatoms. The van der Waals surface area contributed by atoms with Crippen molar-refractivity contribution in [2.75, 3.05) is 33.7 Å². The van der Waals surface area contributed by atoms with Crippen LogP contribution in [0.25, 0.3) is 0 Å². The van der Waals surface area contributed by atoms with Crippen LogP contribution in [0.1, 0.15) is 53.2 Å². The Morgan fingerprint density at radius 3 is 2.50 bits per heavy atom. The van der Waals surface area contributed by atoms with E-state index in [-0.39, 0.29) is 18.2 Å². The number of likely N-dealkylation sites (N-methyl/N-ethyl adjacent to an activating group) is 2. The van der Waals surface area contributed by atoms with Gasteiger partial charge in [0, 0.05) is 44.2 Å². The number of rotatable bonds is 12. The van der Waals surface area contributed by atoms with Crippen molar-refractivity contribution in [3.8, 4) is 5.75 Å². The van der Waals surface area contributed by atoms with Crippen LogP contribution in [0.4, 0.5) is 0 Å². The van der Waals surface area contributed by atoms with Crippen molar-refractivity contribution in [1.82, 2.24) is 20.4 Å². The number of amides is 3. The Morgan fingerprint density at radius 2 is 1.81 bits per heavy atom. The lowest BCUT2D eigenvalue weighted by atomic mass is 10.0. The lowest BCUT2D eigenvalue weighted by Gasteiger charge is -2.30. The van der Waals surface area contributed by atoms with Gasteiger partial charge in [-0.15, -0.1) is 0 Å². The van der Waals surface area contributed by atoms with E-state index in [2.05, 4.69) is 53.8 Å². The molecule has 36 heavy (non-hydrogen) atoms. The first-order valence-corrected chi connectivity index (χ1v) is 12.6. The predicted octanol–water partition coefficient (Wildman–Crippen LogP) is 2.88. The van der Waals surface area contributed by atoms with Crippen LogP contribution in [-0.4, -0.2) is 67.3 Å². The van der Waals surface area contributed by atoms with Gasteiger partial charge in [-0.3, -0.25) is 19.7 Å². The fourth-order valence-corrected chi connectivity index (χ4v) is 4.25. The average Bonchev–Trinajstić information content (AvgIpc) is 2.86. The second-order valence-corrected chi connectivity index (χ2v) is 9.40. The average molecular weight is 495 g/mol. The number of imide groups is 1. The molecule has 1 aliphatic rings. The van der Waals surface area contributed by atoms with Crippen molar-refractivity contribution in [3.63, 3.8) is 0 Å². The monoisotopic (exact) mass is 494 g/mol. The van der Waals surface area contributed by atoms with E-state index >= 15 is 0 Å². The maximum absolute atomic E-state index is 13.1. The number of carbonyl (C=O) groups excluding carboxylic acids is 3. The van der Waals surface area contributed by atoms with Gasteiger partial charge in [0.05, 0.1) is 0 Å². The molecule has 8 nitrogen and oxygen atoms in total. The molecule has 0 saturated carbocycles. The van der Waals surface area contributed by atoms with Gasteiger partial charge in [-0.2, -0.15) is 0 Å². The molecular formula is C28H38N4O4. The summed E-state index contributed by atoms with van der Waals surface area (Å²) in [6.07, 6.45) is 1.69. The van der Waals surface area contributed by atoms with Gasteiger partial charge < -0.3 is 19.9 Å². The van der Waals surface area contributed by atoms with E-state index in [0.717, 1.165) is 43.7 Å². The van der Waals surface area contributed by atoms with Crippen molar-refractivity contribution < 1.29 is 19.1 Å². The fourth-order valence-electron chi connectivity index (χ4n) is 4.25. The van der Waals surface area contributed by atoms with Gasteiger partial charge in [-0.25, -0.2) is 0 Å². The molecule has 2 aromatic carbocycles. The zero-order valence-electron chi connectivity index (χ0n) is 21.8. The van der Waals surface area contributed by atoms with E-state index in [1.807, 2.05) is 13.0 Å². The molecule has 0 aliphatic carbocycles. The van der Waals surface area contributed by atoms with Gasteiger partial charge in [-0.1, -0.05) is 37.3 Å². The number of piperidine rings is 1. The third-order valence-electron chi connectivity index (χ3n) is 6.48. The van der Waals surface area contributed by atoms with Gasteiger partial charge >= 0.3 is 0 Å². The van der Waals surface area contributed by atoms with Crippen LogP contribution in [0.3, 0.4) is 0 Å². The molecule has 0 bridgehead atoms. The Bertz CT molecular complexity index is 1050. The van der Waals surface area contributed by atoms with Gasteiger partial charge in [0.25, 0.3) is 5.91 Å². The molecule has 1 aliphatic heterocycles. The Hall–Kier alpha value is -3.23. The highest BCUT2D eigenvalue weighted by atomic mass is 16.5. The fraction of sp³-hybridized carbons (Fsp3) is 0.464. The van der Waals surface area contributed by atoms with E-state index in [1.54, 1.807) is 19.2 Å². The maximum Gasteiger partial charge on any atom is 0.254 e. The van der Waals surface area contributed by atoms with Crippen molar-refractivity contribution in [3.05, 3.63) is 64.7 Å². The number of ether oxygens (including phenoxy) is 1. The molecule has 194 valence electrons. The number of hydrogen-bond acceptors (Lipinski definition) is 6. The van der Waals surface area contributed by atoms with Crippen LogP contribution in [-0.2, 0) is 22.7 Å². The Morgan fingerprint density at radius 1 is 1.08 bits per heavy atom. The highest BCUT2D eigenvalue weighted by Crippen LogP contribution is 2.25. The minimum atomic E-state index is -0.663. The molecule has 3 rings (SSSR count). The first kappa shape index (κ1) is 27.4. The minimum absolute atomic E-state index is 0.224. The zero-order chi connectivity index (χ0) is 26.1. The van der Waals surface area contributed by atoms with E-state index in [4.69, 9.17) is 4.74 Å². The topological polar surface area (TPSA) is 91.0 Å². The molecule has 0 radical (unpaired) electrons. The summed E-state index contributed by atoms with van der Waals surface area (Å²) >= 11 is 0. The lowest BCUT2D eigenvalue weighted by molar-refractivity contribution is -0.136. The number of hydrogen-bond donors (Lipinski definition) is 2. The highest BCUT2D eigenvalue weighted by Gasteiger charge is 2.33. The van der Waals surface area contributed by atoms with Crippen molar-refractivity contribution in [2.45, 2.75) is 52.3 Å². The van der Waals surface area contributed by atoms with Gasteiger partial charge in [0.15, 0.2) is 0 Å². The molecule has 1 fully saturated rings. The maximum atomic E-state index is 13.1. The van der Waals surface area contributed by atoms with Gasteiger partial charge in [0.1, 0.15) is 18.4 Å². The van der Waals surface area contributed by atoms with Crippen molar-refractivity contribution in [2.24, 2.45) is 0 Å². The standard InChI is InChI=1S/C28H38N4O4/c1-5-15-29-16-17-31(3)18-21-9-11-22(12-10-21)19-36-25-8-6-7-23(20(25)2)28(35)32(4)24-13-14-26(33)30-27(24)34/h6-12,24,29H,5,13-19H2,1-4H3,(H,30,33,34). The minimum Gasteiger partial charge on any atom is -0.489 e. The quantitative estimate of drug-likeness (QED) is 0.348. The Balaban J connectivity index is 1.56. The van der Waals surface area contributed by atoms with Gasteiger partial charge in [-0.05, 0) is 56.6 Å². The van der Waals surface area contributed by atoms with Crippen molar-refractivity contribution >= 4 is 17.7 Å². The molecule has 1 atom stereocenters. The van der Waals surface area contributed by atoms with Crippen LogP contribution in [0.15, 0.2) is 42.5 Å². The Kier molecular flexibility index (Phi) is 10.0. The molecule has 3 amide bonds. The smallest absolute Gasteiger partial charge is 0.254 e. The normalized spacial score (nSPS) is 15.6.